The third-order valence-electron chi connectivity index (χ3n) is 3.65. The van der Waals surface area contributed by atoms with E-state index in [2.05, 4.69) is 12.1 Å². The minimum absolute atomic E-state index is 0.327. The molecule has 0 spiro atoms. The third kappa shape index (κ3) is 3.47. The molecule has 0 heterocycles. The van der Waals surface area contributed by atoms with Crippen LogP contribution in [-0.4, -0.2) is 11.1 Å². The van der Waals surface area contributed by atoms with Crippen molar-refractivity contribution in [3.05, 3.63) is 34.9 Å². The van der Waals surface area contributed by atoms with Crippen molar-refractivity contribution in [1.82, 2.24) is 0 Å². The first kappa shape index (κ1) is 12.4. The van der Waals surface area contributed by atoms with Crippen molar-refractivity contribution in [2.45, 2.75) is 38.0 Å². The van der Waals surface area contributed by atoms with E-state index in [4.69, 9.17) is 16.7 Å². The smallest absolute Gasteiger partial charge is 0.303 e. The lowest BCUT2D eigenvalue weighted by Gasteiger charge is -2.27. The molecule has 0 unspecified atom stereocenters. The quantitative estimate of drug-likeness (QED) is 0.880. The number of halogens is 1. The van der Waals surface area contributed by atoms with Crippen molar-refractivity contribution in [3.63, 3.8) is 0 Å². The number of aliphatic carboxylic acids is 1. The zero-order valence-electron chi connectivity index (χ0n) is 9.73. The van der Waals surface area contributed by atoms with Crippen LogP contribution in [0.1, 0.15) is 43.6 Å². The van der Waals surface area contributed by atoms with Gasteiger partial charge in [-0.15, -0.1) is 0 Å². The summed E-state index contributed by atoms with van der Waals surface area (Å²) in [5.41, 5.74) is 1.34. The molecule has 1 saturated carbocycles. The van der Waals surface area contributed by atoms with Gasteiger partial charge in [0.1, 0.15) is 0 Å². The number of rotatable bonds is 3. The molecule has 1 aliphatic carbocycles. The van der Waals surface area contributed by atoms with Gasteiger partial charge in [0.2, 0.25) is 0 Å². The Labute approximate surface area is 107 Å². The van der Waals surface area contributed by atoms with Crippen LogP contribution in [0.25, 0.3) is 0 Å². The molecule has 17 heavy (non-hydrogen) atoms. The van der Waals surface area contributed by atoms with E-state index in [9.17, 15) is 4.79 Å². The summed E-state index contributed by atoms with van der Waals surface area (Å²) in [5.74, 6) is 0.285. The average Bonchev–Trinajstić information content (AvgIpc) is 2.30. The molecular formula is C14H17ClO2. The summed E-state index contributed by atoms with van der Waals surface area (Å²) in [6, 6.07) is 8.04. The van der Waals surface area contributed by atoms with Crippen molar-refractivity contribution in [1.29, 1.82) is 0 Å². The Bertz CT molecular complexity index is 378. The minimum atomic E-state index is -0.667. The van der Waals surface area contributed by atoms with Gasteiger partial charge in [-0.2, -0.15) is 0 Å². The maximum absolute atomic E-state index is 10.6. The molecule has 2 rings (SSSR count). The molecule has 0 atom stereocenters. The molecule has 0 amide bonds. The maximum Gasteiger partial charge on any atom is 0.303 e. The average molecular weight is 253 g/mol. The van der Waals surface area contributed by atoms with Gasteiger partial charge < -0.3 is 5.11 Å². The van der Waals surface area contributed by atoms with Gasteiger partial charge in [0, 0.05) is 11.4 Å². The van der Waals surface area contributed by atoms with E-state index in [1.807, 2.05) is 12.1 Å². The fourth-order valence-electron chi connectivity index (χ4n) is 2.68. The second-order valence-electron chi connectivity index (χ2n) is 4.87. The number of carboxylic acids is 1. The Hall–Kier alpha value is -1.02. The monoisotopic (exact) mass is 252 g/mol. The molecule has 0 aromatic heterocycles. The zero-order valence-corrected chi connectivity index (χ0v) is 10.5. The van der Waals surface area contributed by atoms with Gasteiger partial charge in [0.05, 0.1) is 0 Å². The highest BCUT2D eigenvalue weighted by atomic mass is 35.5. The van der Waals surface area contributed by atoms with Gasteiger partial charge in [-0.05, 0) is 55.2 Å². The summed E-state index contributed by atoms with van der Waals surface area (Å²) in [4.78, 5) is 10.6. The van der Waals surface area contributed by atoms with E-state index < -0.39 is 5.97 Å². The Kier molecular flexibility index (Phi) is 4.06. The normalized spacial score (nSPS) is 24.5. The topological polar surface area (TPSA) is 37.3 Å². The molecule has 1 fully saturated rings. The summed E-state index contributed by atoms with van der Waals surface area (Å²) in [5, 5.41) is 9.54. The molecule has 92 valence electrons. The van der Waals surface area contributed by atoms with Crippen LogP contribution in [0.5, 0.6) is 0 Å². The van der Waals surface area contributed by atoms with Crippen molar-refractivity contribution in [2.75, 3.05) is 0 Å². The maximum atomic E-state index is 10.6. The molecule has 0 bridgehead atoms. The van der Waals surface area contributed by atoms with Gasteiger partial charge in [-0.3, -0.25) is 4.79 Å². The van der Waals surface area contributed by atoms with Crippen LogP contribution in [-0.2, 0) is 4.79 Å². The molecule has 1 N–H and O–H groups in total. The Morgan fingerprint density at radius 1 is 1.18 bits per heavy atom. The molecule has 1 aromatic carbocycles. The molecule has 0 radical (unpaired) electrons. The van der Waals surface area contributed by atoms with Crippen molar-refractivity contribution in [2.24, 2.45) is 5.92 Å². The van der Waals surface area contributed by atoms with E-state index >= 15 is 0 Å². The SMILES string of the molecule is O=C(O)CC1CCC(c2ccc(Cl)cc2)CC1. The first-order chi connectivity index (χ1) is 8.15. The van der Waals surface area contributed by atoms with Crippen LogP contribution < -0.4 is 0 Å². The van der Waals surface area contributed by atoms with Gasteiger partial charge >= 0.3 is 5.97 Å². The summed E-state index contributed by atoms with van der Waals surface area (Å²) >= 11 is 5.87. The van der Waals surface area contributed by atoms with Crippen molar-refractivity contribution < 1.29 is 9.90 Å². The van der Waals surface area contributed by atoms with Gasteiger partial charge in [0.15, 0.2) is 0 Å². The standard InChI is InChI=1S/C14H17ClO2/c15-13-7-5-12(6-8-13)11-3-1-10(2-4-11)9-14(16)17/h5-8,10-11H,1-4,9H2,(H,16,17). The van der Waals surface area contributed by atoms with E-state index in [0.717, 1.165) is 30.7 Å². The molecule has 2 nitrogen and oxygen atoms in total. The van der Waals surface area contributed by atoms with Crippen LogP contribution in [0.2, 0.25) is 5.02 Å². The lowest BCUT2D eigenvalue weighted by molar-refractivity contribution is -0.138. The van der Waals surface area contributed by atoms with E-state index in [-0.39, 0.29) is 0 Å². The number of hydrogen-bond acceptors (Lipinski definition) is 1. The highest BCUT2D eigenvalue weighted by molar-refractivity contribution is 6.30. The lowest BCUT2D eigenvalue weighted by atomic mass is 9.77. The first-order valence-electron chi connectivity index (χ1n) is 6.12. The summed E-state index contributed by atoms with van der Waals surface area (Å²) in [7, 11) is 0. The summed E-state index contributed by atoms with van der Waals surface area (Å²) < 4.78 is 0. The summed E-state index contributed by atoms with van der Waals surface area (Å²) in [6.07, 6.45) is 4.58. The fourth-order valence-corrected chi connectivity index (χ4v) is 2.81. The predicted molar refractivity (Wildman–Crippen MR) is 68.4 cm³/mol. The van der Waals surface area contributed by atoms with Crippen LogP contribution >= 0.6 is 11.6 Å². The molecular weight excluding hydrogens is 236 g/mol. The Morgan fingerprint density at radius 3 is 2.29 bits per heavy atom. The first-order valence-corrected chi connectivity index (χ1v) is 6.50. The molecule has 0 saturated heterocycles. The molecule has 0 aliphatic heterocycles. The van der Waals surface area contributed by atoms with E-state index in [1.54, 1.807) is 0 Å². The second-order valence-corrected chi connectivity index (χ2v) is 5.30. The van der Waals surface area contributed by atoms with E-state index in [1.165, 1.54) is 5.56 Å². The van der Waals surface area contributed by atoms with Gasteiger partial charge in [0.25, 0.3) is 0 Å². The largest absolute Gasteiger partial charge is 0.481 e. The van der Waals surface area contributed by atoms with Crippen LogP contribution in [0.3, 0.4) is 0 Å². The third-order valence-corrected chi connectivity index (χ3v) is 3.90. The van der Waals surface area contributed by atoms with E-state index in [0.29, 0.717) is 18.3 Å². The van der Waals surface area contributed by atoms with Crippen molar-refractivity contribution >= 4 is 17.6 Å². The number of hydrogen-bond donors (Lipinski definition) is 1. The fraction of sp³-hybridized carbons (Fsp3) is 0.500. The van der Waals surface area contributed by atoms with Gasteiger partial charge in [-0.25, -0.2) is 0 Å². The number of benzene rings is 1. The zero-order chi connectivity index (χ0) is 12.3. The highest BCUT2D eigenvalue weighted by Crippen LogP contribution is 2.37. The van der Waals surface area contributed by atoms with Crippen LogP contribution in [0.4, 0.5) is 0 Å². The number of carboxylic acid groups (broad SMARTS) is 1. The predicted octanol–water partition coefficient (Wildman–Crippen LogP) is 4.09. The van der Waals surface area contributed by atoms with Crippen molar-refractivity contribution in [3.8, 4) is 0 Å². The lowest BCUT2D eigenvalue weighted by Crippen LogP contribution is -2.16. The Morgan fingerprint density at radius 2 is 1.76 bits per heavy atom. The number of carbonyl (C=O) groups is 1. The molecule has 3 heteroatoms. The van der Waals surface area contributed by atoms with Crippen LogP contribution in [0.15, 0.2) is 24.3 Å². The van der Waals surface area contributed by atoms with Crippen LogP contribution in [0, 0.1) is 5.92 Å². The van der Waals surface area contributed by atoms with Gasteiger partial charge in [-0.1, -0.05) is 23.7 Å². The second kappa shape index (κ2) is 5.54. The molecule has 1 aromatic rings. The minimum Gasteiger partial charge on any atom is -0.481 e. The molecule has 1 aliphatic rings. The summed E-state index contributed by atoms with van der Waals surface area (Å²) in [6.45, 7) is 0. The Balaban J connectivity index is 1.90. The highest BCUT2D eigenvalue weighted by Gasteiger charge is 2.23.